The number of aliphatic hydroxyl groups excluding tert-OH is 2. The van der Waals surface area contributed by atoms with Crippen LogP contribution in [0.5, 0.6) is 0 Å². The second-order valence-corrected chi connectivity index (χ2v) is 5.90. The van der Waals surface area contributed by atoms with Crippen molar-refractivity contribution in [3.05, 3.63) is 69.0 Å². The molecular weight excluding hydrogens is 347 g/mol. The smallest absolute Gasteiger partial charge is 0.333 e. The molecule has 138 valence electrons. The first-order chi connectivity index (χ1) is 12.4. The van der Waals surface area contributed by atoms with Crippen molar-refractivity contribution in [2.24, 2.45) is 0 Å². The highest BCUT2D eigenvalue weighted by molar-refractivity contribution is 5.95. The molecular formula is C17H17FN2O6. The topological polar surface area (TPSA) is 111 Å². The van der Waals surface area contributed by atoms with Crippen LogP contribution in [0, 0.1) is 0 Å². The number of rotatable bonds is 5. The highest BCUT2D eigenvalue weighted by Crippen LogP contribution is 2.30. The van der Waals surface area contributed by atoms with Gasteiger partial charge in [0, 0.05) is 17.8 Å². The van der Waals surface area contributed by atoms with Gasteiger partial charge < -0.3 is 14.9 Å². The first kappa shape index (κ1) is 18.2. The van der Waals surface area contributed by atoms with Crippen molar-refractivity contribution < 1.29 is 24.1 Å². The molecule has 26 heavy (non-hydrogen) atoms. The third kappa shape index (κ3) is 3.24. The van der Waals surface area contributed by atoms with E-state index in [0.717, 1.165) is 16.8 Å². The fraction of sp³-hybridized carbons (Fsp3) is 0.353. The van der Waals surface area contributed by atoms with Crippen LogP contribution in [0.15, 0.2) is 52.2 Å². The SMILES string of the molecule is O=C(Cn1c(=O)ccn([C@@H]2O[C@H](CO)[C@@H](O)[C@H]2F)c1=O)c1ccccc1. The molecule has 1 aromatic carbocycles. The van der Waals surface area contributed by atoms with Gasteiger partial charge in [0.25, 0.3) is 5.56 Å². The number of aliphatic hydroxyl groups is 2. The number of nitrogens with zero attached hydrogens (tertiary/aromatic N) is 2. The van der Waals surface area contributed by atoms with Gasteiger partial charge in [0.1, 0.15) is 12.2 Å². The van der Waals surface area contributed by atoms with Gasteiger partial charge >= 0.3 is 5.69 Å². The zero-order valence-corrected chi connectivity index (χ0v) is 13.6. The Hall–Kier alpha value is -2.62. The lowest BCUT2D eigenvalue weighted by Crippen LogP contribution is -2.43. The molecule has 2 heterocycles. The van der Waals surface area contributed by atoms with Gasteiger partial charge in [-0.1, -0.05) is 30.3 Å². The predicted octanol–water partition coefficient (Wildman–Crippen LogP) is -0.518. The molecule has 0 unspecified atom stereocenters. The zero-order valence-electron chi connectivity index (χ0n) is 13.6. The normalized spacial score (nSPS) is 25.3. The summed E-state index contributed by atoms with van der Waals surface area (Å²) >= 11 is 0. The summed E-state index contributed by atoms with van der Waals surface area (Å²) in [6.07, 6.45) is -5.23. The summed E-state index contributed by atoms with van der Waals surface area (Å²) in [5.41, 5.74) is -1.34. The molecule has 2 aromatic rings. The maximum Gasteiger partial charge on any atom is 0.333 e. The standard InChI is InChI=1S/C17H17FN2O6/c18-14-15(24)12(9-21)26-16(14)19-7-6-13(23)20(17(19)25)8-11(22)10-4-2-1-3-5-10/h1-7,12,14-16,21,24H,8-9H2/t12-,14-,15-,16-/m1/s1. The van der Waals surface area contributed by atoms with E-state index in [1.54, 1.807) is 30.3 Å². The number of hydrogen-bond donors (Lipinski definition) is 2. The van der Waals surface area contributed by atoms with Crippen molar-refractivity contribution in [1.82, 2.24) is 9.13 Å². The van der Waals surface area contributed by atoms with Gasteiger partial charge in [-0.15, -0.1) is 0 Å². The number of benzene rings is 1. The van der Waals surface area contributed by atoms with E-state index in [2.05, 4.69) is 0 Å². The van der Waals surface area contributed by atoms with E-state index in [0.29, 0.717) is 10.1 Å². The molecule has 0 radical (unpaired) electrons. The minimum absolute atomic E-state index is 0.324. The van der Waals surface area contributed by atoms with E-state index in [1.165, 1.54) is 0 Å². The molecule has 0 spiro atoms. The van der Waals surface area contributed by atoms with Gasteiger partial charge in [0.15, 0.2) is 18.2 Å². The zero-order chi connectivity index (χ0) is 18.8. The van der Waals surface area contributed by atoms with E-state index in [-0.39, 0.29) is 0 Å². The van der Waals surface area contributed by atoms with Gasteiger partial charge in [-0.05, 0) is 0 Å². The van der Waals surface area contributed by atoms with Crippen LogP contribution in [0.2, 0.25) is 0 Å². The summed E-state index contributed by atoms with van der Waals surface area (Å²) in [5.74, 6) is -0.458. The van der Waals surface area contributed by atoms with Crippen LogP contribution >= 0.6 is 0 Å². The number of hydrogen-bond acceptors (Lipinski definition) is 6. The predicted molar refractivity (Wildman–Crippen MR) is 87.6 cm³/mol. The molecule has 1 aliphatic heterocycles. The highest BCUT2D eigenvalue weighted by atomic mass is 19.1. The third-order valence-electron chi connectivity index (χ3n) is 4.24. The van der Waals surface area contributed by atoms with Crippen molar-refractivity contribution in [2.75, 3.05) is 6.61 Å². The summed E-state index contributed by atoms with van der Waals surface area (Å²) in [5, 5.41) is 18.8. The largest absolute Gasteiger partial charge is 0.394 e. The quantitative estimate of drug-likeness (QED) is 0.691. The van der Waals surface area contributed by atoms with Gasteiger partial charge in [0.05, 0.1) is 13.2 Å². The third-order valence-corrected chi connectivity index (χ3v) is 4.24. The second-order valence-electron chi connectivity index (χ2n) is 5.90. The Morgan fingerprint density at radius 1 is 1.19 bits per heavy atom. The minimum Gasteiger partial charge on any atom is -0.394 e. The average molecular weight is 364 g/mol. The van der Waals surface area contributed by atoms with Crippen molar-refractivity contribution in [3.8, 4) is 0 Å². The Morgan fingerprint density at radius 2 is 1.88 bits per heavy atom. The first-order valence-electron chi connectivity index (χ1n) is 7.92. The van der Waals surface area contributed by atoms with Crippen LogP contribution in [0.1, 0.15) is 16.6 Å². The molecule has 9 heteroatoms. The fourth-order valence-electron chi connectivity index (χ4n) is 2.81. The van der Waals surface area contributed by atoms with E-state index >= 15 is 0 Å². The maximum atomic E-state index is 14.2. The number of aromatic nitrogens is 2. The van der Waals surface area contributed by atoms with E-state index in [9.17, 15) is 23.9 Å². The van der Waals surface area contributed by atoms with Crippen molar-refractivity contribution in [2.45, 2.75) is 31.2 Å². The summed E-state index contributed by atoms with van der Waals surface area (Å²) in [6.45, 7) is -1.14. The highest BCUT2D eigenvalue weighted by Gasteiger charge is 2.45. The molecule has 0 saturated carbocycles. The fourth-order valence-corrected chi connectivity index (χ4v) is 2.81. The van der Waals surface area contributed by atoms with Crippen LogP contribution in [0.3, 0.4) is 0 Å². The Labute approximate surface area is 146 Å². The lowest BCUT2D eigenvalue weighted by molar-refractivity contribution is -0.0496. The number of carbonyl (C=O) groups excluding carboxylic acids is 1. The second kappa shape index (κ2) is 7.32. The monoisotopic (exact) mass is 364 g/mol. The molecule has 1 fully saturated rings. The molecule has 0 aliphatic carbocycles. The maximum absolute atomic E-state index is 14.2. The Balaban J connectivity index is 1.94. The Kier molecular flexibility index (Phi) is 5.12. The molecule has 2 N–H and O–H groups in total. The molecule has 0 bridgehead atoms. The Bertz CT molecular complexity index is 909. The van der Waals surface area contributed by atoms with Crippen LogP contribution in [0.4, 0.5) is 4.39 Å². The van der Waals surface area contributed by atoms with Crippen LogP contribution in [-0.4, -0.2) is 50.1 Å². The van der Waals surface area contributed by atoms with Crippen molar-refractivity contribution in [3.63, 3.8) is 0 Å². The molecule has 0 amide bonds. The lowest BCUT2D eigenvalue weighted by atomic mass is 10.1. The van der Waals surface area contributed by atoms with Crippen LogP contribution in [0.25, 0.3) is 0 Å². The first-order valence-corrected chi connectivity index (χ1v) is 7.92. The van der Waals surface area contributed by atoms with Crippen LogP contribution in [-0.2, 0) is 11.3 Å². The van der Waals surface area contributed by atoms with Gasteiger partial charge in [-0.3, -0.25) is 18.7 Å². The summed E-state index contributed by atoms with van der Waals surface area (Å²) in [4.78, 5) is 36.9. The lowest BCUT2D eigenvalue weighted by Gasteiger charge is -2.17. The van der Waals surface area contributed by atoms with Crippen molar-refractivity contribution >= 4 is 5.78 Å². The molecule has 3 rings (SSSR count). The van der Waals surface area contributed by atoms with Gasteiger partial charge in [-0.2, -0.15) is 0 Å². The van der Waals surface area contributed by atoms with Crippen molar-refractivity contribution in [1.29, 1.82) is 0 Å². The minimum atomic E-state index is -1.97. The Morgan fingerprint density at radius 3 is 2.50 bits per heavy atom. The number of ether oxygens (including phenoxy) is 1. The van der Waals surface area contributed by atoms with E-state index in [4.69, 9.17) is 9.84 Å². The number of Topliss-reactive ketones (excluding diaryl/α,β-unsaturated/α-hetero) is 1. The molecule has 4 atom stereocenters. The molecule has 1 saturated heterocycles. The molecule has 1 aromatic heterocycles. The number of halogens is 1. The number of ketones is 1. The van der Waals surface area contributed by atoms with Crippen LogP contribution < -0.4 is 11.2 Å². The average Bonchev–Trinajstić information content (AvgIpc) is 2.94. The summed E-state index contributed by atoms with van der Waals surface area (Å²) < 4.78 is 20.9. The van der Waals surface area contributed by atoms with Gasteiger partial charge in [0.2, 0.25) is 0 Å². The number of carbonyl (C=O) groups is 1. The molecule has 8 nitrogen and oxygen atoms in total. The number of alkyl halides is 1. The van der Waals surface area contributed by atoms with Gasteiger partial charge in [-0.25, -0.2) is 9.18 Å². The van der Waals surface area contributed by atoms with E-state index in [1.807, 2.05) is 0 Å². The summed E-state index contributed by atoms with van der Waals surface area (Å²) in [6, 6.07) is 9.13. The summed E-state index contributed by atoms with van der Waals surface area (Å²) in [7, 11) is 0. The van der Waals surface area contributed by atoms with E-state index < -0.39 is 54.8 Å². The molecule has 1 aliphatic rings.